The number of hydrogen-bond donors (Lipinski definition) is 0. The molecule has 1 aromatic heterocycles. The van der Waals surface area contributed by atoms with Crippen molar-refractivity contribution in [3.8, 4) is 11.3 Å². The summed E-state index contributed by atoms with van der Waals surface area (Å²) in [5.74, 6) is 0.570. The van der Waals surface area contributed by atoms with Gasteiger partial charge in [0.15, 0.2) is 0 Å². The number of hydrogen-bond acceptors (Lipinski definition) is 4. The number of benzene rings is 2. The lowest BCUT2D eigenvalue weighted by Gasteiger charge is -2.26. The zero-order valence-electron chi connectivity index (χ0n) is 21.1. The molecule has 4 rings (SSSR count). The molecule has 0 amide bonds. The number of aromatic nitrogens is 3. The summed E-state index contributed by atoms with van der Waals surface area (Å²) in [6.45, 7) is 13.5. The van der Waals surface area contributed by atoms with E-state index < -0.39 is 10.0 Å². The van der Waals surface area contributed by atoms with Crippen molar-refractivity contribution in [2.24, 2.45) is 0 Å². The second kappa shape index (κ2) is 9.62. The van der Waals surface area contributed by atoms with Crippen LogP contribution in [0, 0.1) is 0 Å². The molecule has 2 heterocycles. The van der Waals surface area contributed by atoms with Crippen LogP contribution in [0.4, 0.5) is 0 Å². The van der Waals surface area contributed by atoms with E-state index >= 15 is 0 Å². The van der Waals surface area contributed by atoms with Crippen LogP contribution in [0.5, 0.6) is 0 Å². The van der Waals surface area contributed by atoms with Gasteiger partial charge in [-0.1, -0.05) is 89.2 Å². The summed E-state index contributed by atoms with van der Waals surface area (Å²) in [4.78, 5) is 0.506. The van der Waals surface area contributed by atoms with Crippen LogP contribution < -0.4 is 0 Å². The van der Waals surface area contributed by atoms with Gasteiger partial charge in [-0.15, -0.1) is 5.10 Å². The third-order valence-corrected chi connectivity index (χ3v) is 8.76. The fraction of sp³-hybridized carbons (Fsp3) is 0.481. The van der Waals surface area contributed by atoms with Crippen LogP contribution >= 0.6 is 0 Å². The standard InChI is InChI=1S/C27H36N4O2S/c1-18(2)22-14-24(19(3)4)27(25(15-22)20(5)6)34(32,33)30-13-12-23(16-30)31-17-26(28-29-31)21-10-8-7-9-11-21/h7-11,14-15,17-20,23H,12-13,16H2,1-6H3. The Kier molecular flexibility index (Phi) is 6.97. The fourth-order valence-electron chi connectivity index (χ4n) is 4.66. The summed E-state index contributed by atoms with van der Waals surface area (Å²) < 4.78 is 31.6. The lowest BCUT2D eigenvalue weighted by Crippen LogP contribution is -2.31. The van der Waals surface area contributed by atoms with Crippen LogP contribution in [0.25, 0.3) is 11.3 Å². The van der Waals surface area contributed by atoms with Crippen LogP contribution in [0.15, 0.2) is 53.6 Å². The van der Waals surface area contributed by atoms with Crippen molar-refractivity contribution in [1.82, 2.24) is 19.3 Å². The zero-order valence-corrected chi connectivity index (χ0v) is 21.9. The first-order chi connectivity index (χ1) is 16.1. The normalized spacial score (nSPS) is 17.4. The van der Waals surface area contributed by atoms with Crippen molar-refractivity contribution in [2.45, 2.75) is 76.7 Å². The predicted octanol–water partition coefficient (Wildman–Crippen LogP) is 5.95. The minimum atomic E-state index is -3.65. The van der Waals surface area contributed by atoms with E-state index in [9.17, 15) is 8.42 Å². The molecule has 1 saturated heterocycles. The van der Waals surface area contributed by atoms with E-state index in [0.717, 1.165) is 28.8 Å². The van der Waals surface area contributed by atoms with Crippen LogP contribution in [0.3, 0.4) is 0 Å². The maximum absolute atomic E-state index is 14.1. The quantitative estimate of drug-likeness (QED) is 0.419. The average molecular weight is 481 g/mol. The highest BCUT2D eigenvalue weighted by Gasteiger charge is 2.37. The van der Waals surface area contributed by atoms with Crippen LogP contribution in [0.2, 0.25) is 0 Å². The second-order valence-corrected chi connectivity index (χ2v) is 12.1. The van der Waals surface area contributed by atoms with Gasteiger partial charge in [-0.05, 0) is 40.9 Å². The Morgan fingerprint density at radius 1 is 0.912 bits per heavy atom. The Labute approximate surface area is 204 Å². The van der Waals surface area contributed by atoms with Gasteiger partial charge < -0.3 is 0 Å². The highest BCUT2D eigenvalue weighted by Crippen LogP contribution is 2.38. The molecule has 2 aromatic carbocycles. The first kappa shape index (κ1) is 24.6. The molecule has 1 fully saturated rings. The largest absolute Gasteiger partial charge is 0.247 e. The minimum Gasteiger partial charge on any atom is -0.247 e. The Bertz CT molecular complexity index is 1220. The molecule has 0 aliphatic carbocycles. The molecule has 0 N–H and O–H groups in total. The lowest BCUT2D eigenvalue weighted by molar-refractivity contribution is 0.427. The smallest absolute Gasteiger partial charge is 0.243 e. The van der Waals surface area contributed by atoms with Crippen molar-refractivity contribution < 1.29 is 8.42 Å². The lowest BCUT2D eigenvalue weighted by atomic mass is 9.89. The maximum atomic E-state index is 14.1. The van der Waals surface area contributed by atoms with Crippen molar-refractivity contribution in [3.05, 3.63) is 65.4 Å². The Balaban J connectivity index is 1.67. The first-order valence-corrected chi connectivity index (χ1v) is 13.7. The number of nitrogens with zero attached hydrogens (tertiary/aromatic N) is 4. The first-order valence-electron chi connectivity index (χ1n) is 12.2. The molecule has 7 heteroatoms. The molecule has 3 aromatic rings. The average Bonchev–Trinajstić information content (AvgIpc) is 3.49. The van der Waals surface area contributed by atoms with Gasteiger partial charge >= 0.3 is 0 Å². The van der Waals surface area contributed by atoms with Gasteiger partial charge in [0.25, 0.3) is 0 Å². The van der Waals surface area contributed by atoms with Crippen LogP contribution in [0.1, 0.15) is 88.4 Å². The molecule has 0 bridgehead atoms. The third-order valence-electron chi connectivity index (χ3n) is 6.76. The van der Waals surface area contributed by atoms with Gasteiger partial charge in [0.2, 0.25) is 10.0 Å². The molecule has 34 heavy (non-hydrogen) atoms. The van der Waals surface area contributed by atoms with E-state index in [0.29, 0.717) is 23.9 Å². The molecule has 0 radical (unpaired) electrons. The predicted molar refractivity (Wildman–Crippen MR) is 137 cm³/mol. The molecule has 6 nitrogen and oxygen atoms in total. The monoisotopic (exact) mass is 480 g/mol. The summed E-state index contributed by atoms with van der Waals surface area (Å²) in [7, 11) is -3.65. The van der Waals surface area contributed by atoms with E-state index in [1.54, 1.807) is 4.31 Å². The topological polar surface area (TPSA) is 68.1 Å². The van der Waals surface area contributed by atoms with E-state index in [4.69, 9.17) is 0 Å². The molecular formula is C27H36N4O2S. The van der Waals surface area contributed by atoms with Crippen molar-refractivity contribution >= 4 is 10.0 Å². The van der Waals surface area contributed by atoms with E-state index in [-0.39, 0.29) is 17.9 Å². The summed E-state index contributed by atoms with van der Waals surface area (Å²) >= 11 is 0. The van der Waals surface area contributed by atoms with Crippen LogP contribution in [-0.4, -0.2) is 40.8 Å². The molecule has 1 atom stereocenters. The Hall–Kier alpha value is -2.51. The summed E-state index contributed by atoms with van der Waals surface area (Å²) in [5, 5.41) is 8.65. The van der Waals surface area contributed by atoms with Crippen molar-refractivity contribution in [2.75, 3.05) is 13.1 Å². The summed E-state index contributed by atoms with van der Waals surface area (Å²) in [6, 6.07) is 14.1. The SMILES string of the molecule is CC(C)c1cc(C(C)C)c(S(=O)(=O)N2CCC(n3cc(-c4ccccc4)nn3)C2)c(C(C)C)c1. The highest BCUT2D eigenvalue weighted by atomic mass is 32.2. The number of rotatable bonds is 7. The van der Waals surface area contributed by atoms with Crippen LogP contribution in [-0.2, 0) is 10.0 Å². The molecule has 0 spiro atoms. The molecule has 0 saturated carbocycles. The molecular weight excluding hydrogens is 444 g/mol. The Morgan fingerprint density at radius 2 is 1.53 bits per heavy atom. The molecule has 1 aliphatic rings. The minimum absolute atomic E-state index is 0.0281. The van der Waals surface area contributed by atoms with Crippen molar-refractivity contribution in [1.29, 1.82) is 0 Å². The van der Waals surface area contributed by atoms with E-state index in [2.05, 4.69) is 64.0 Å². The molecule has 1 unspecified atom stereocenters. The maximum Gasteiger partial charge on any atom is 0.243 e. The van der Waals surface area contributed by atoms with Gasteiger partial charge in [0, 0.05) is 18.7 Å². The van der Waals surface area contributed by atoms with E-state index in [1.807, 2.05) is 41.2 Å². The number of sulfonamides is 1. The molecule has 1 aliphatic heterocycles. The van der Waals surface area contributed by atoms with E-state index in [1.165, 1.54) is 5.56 Å². The fourth-order valence-corrected chi connectivity index (χ4v) is 6.82. The third kappa shape index (κ3) is 4.68. The van der Waals surface area contributed by atoms with Gasteiger partial charge in [0.1, 0.15) is 5.69 Å². The van der Waals surface area contributed by atoms with Crippen molar-refractivity contribution in [3.63, 3.8) is 0 Å². The van der Waals surface area contributed by atoms with Gasteiger partial charge in [-0.2, -0.15) is 4.31 Å². The van der Waals surface area contributed by atoms with Gasteiger partial charge in [-0.3, -0.25) is 0 Å². The summed E-state index contributed by atoms with van der Waals surface area (Å²) in [6.07, 6.45) is 2.64. The zero-order chi connectivity index (χ0) is 24.6. The van der Waals surface area contributed by atoms with Gasteiger partial charge in [0.05, 0.1) is 17.1 Å². The Morgan fingerprint density at radius 3 is 2.09 bits per heavy atom. The highest BCUT2D eigenvalue weighted by molar-refractivity contribution is 7.89. The summed E-state index contributed by atoms with van der Waals surface area (Å²) in [5.41, 5.74) is 4.85. The second-order valence-electron chi connectivity index (χ2n) is 10.2. The molecule has 182 valence electrons. The van der Waals surface area contributed by atoms with Gasteiger partial charge in [-0.25, -0.2) is 13.1 Å².